The van der Waals surface area contributed by atoms with E-state index in [4.69, 9.17) is 5.73 Å². The molecule has 0 aliphatic carbocycles. The van der Waals surface area contributed by atoms with Crippen LogP contribution in [0.2, 0.25) is 0 Å². The number of carbonyl (C=O) groups is 1. The van der Waals surface area contributed by atoms with Gasteiger partial charge >= 0.3 is 0 Å². The Kier molecular flexibility index (Phi) is 3.53. The van der Waals surface area contributed by atoms with Gasteiger partial charge in [0.2, 0.25) is 0 Å². The lowest BCUT2D eigenvalue weighted by atomic mass is 10.1. The fraction of sp³-hybridized carbons (Fsp3) is 0. The fourth-order valence-corrected chi connectivity index (χ4v) is 2.33. The number of hydrogen-bond acceptors (Lipinski definition) is 4. The maximum absolute atomic E-state index is 12.3. The number of fused-ring (bicyclic) bond motifs is 1. The van der Waals surface area contributed by atoms with Gasteiger partial charge in [0.05, 0.1) is 16.6 Å². The number of benzene rings is 2. The molecule has 0 aliphatic rings. The van der Waals surface area contributed by atoms with Gasteiger partial charge in [0, 0.05) is 28.2 Å². The molecule has 104 valence electrons. The Bertz CT molecular complexity index is 835. The number of anilines is 2. The molecule has 2 aromatic carbocycles. The lowest BCUT2D eigenvalue weighted by molar-refractivity contribution is 0.102. The average molecular weight is 343 g/mol. The van der Waals surface area contributed by atoms with Gasteiger partial charge < -0.3 is 11.1 Å². The summed E-state index contributed by atoms with van der Waals surface area (Å²) >= 11 is 3.33. The number of rotatable bonds is 2. The third-order valence-corrected chi connectivity index (χ3v) is 3.48. The van der Waals surface area contributed by atoms with Crippen molar-refractivity contribution in [2.24, 2.45) is 0 Å². The highest BCUT2D eigenvalue weighted by Gasteiger charge is 2.11. The summed E-state index contributed by atoms with van der Waals surface area (Å²) in [5, 5.41) is 2.81. The van der Waals surface area contributed by atoms with Crippen molar-refractivity contribution < 1.29 is 4.79 Å². The summed E-state index contributed by atoms with van der Waals surface area (Å²) in [5.74, 6) is -0.267. The van der Waals surface area contributed by atoms with Crippen LogP contribution in [-0.2, 0) is 0 Å². The minimum absolute atomic E-state index is 0.267. The normalized spacial score (nSPS) is 10.5. The second-order valence-electron chi connectivity index (χ2n) is 4.45. The Balaban J connectivity index is 1.90. The van der Waals surface area contributed by atoms with Gasteiger partial charge in [-0.2, -0.15) is 0 Å². The van der Waals surface area contributed by atoms with Crippen LogP contribution in [0, 0.1) is 0 Å². The third kappa shape index (κ3) is 2.85. The van der Waals surface area contributed by atoms with E-state index in [2.05, 4.69) is 31.2 Å². The standard InChI is InChI=1S/C15H11BrN4O/c16-9-1-3-12(17)11(7-9)15(21)20-10-2-4-13-14(8-10)19-6-5-18-13/h1-8H,17H2,(H,20,21). The molecule has 1 aromatic heterocycles. The minimum Gasteiger partial charge on any atom is -0.398 e. The van der Waals surface area contributed by atoms with Gasteiger partial charge in [-0.1, -0.05) is 15.9 Å². The molecule has 3 N–H and O–H groups in total. The quantitative estimate of drug-likeness (QED) is 0.700. The van der Waals surface area contributed by atoms with E-state index in [1.165, 1.54) is 0 Å². The highest BCUT2D eigenvalue weighted by molar-refractivity contribution is 9.10. The Morgan fingerprint density at radius 3 is 2.62 bits per heavy atom. The summed E-state index contributed by atoms with van der Waals surface area (Å²) in [5.41, 5.74) is 8.82. The van der Waals surface area contributed by atoms with Crippen LogP contribution in [0.4, 0.5) is 11.4 Å². The topological polar surface area (TPSA) is 80.9 Å². The monoisotopic (exact) mass is 342 g/mol. The fourth-order valence-electron chi connectivity index (χ4n) is 1.96. The van der Waals surface area contributed by atoms with E-state index in [1.807, 2.05) is 6.07 Å². The van der Waals surface area contributed by atoms with Crippen LogP contribution in [0.25, 0.3) is 11.0 Å². The predicted molar refractivity (Wildman–Crippen MR) is 86.0 cm³/mol. The number of halogens is 1. The van der Waals surface area contributed by atoms with Crippen LogP contribution in [-0.4, -0.2) is 15.9 Å². The summed E-state index contributed by atoms with van der Waals surface area (Å²) in [6.45, 7) is 0. The first-order valence-electron chi connectivity index (χ1n) is 6.20. The number of hydrogen-bond donors (Lipinski definition) is 2. The molecule has 0 radical (unpaired) electrons. The molecule has 0 fully saturated rings. The molecule has 1 amide bonds. The predicted octanol–water partition coefficient (Wildman–Crippen LogP) is 3.23. The summed E-state index contributed by atoms with van der Waals surface area (Å²) in [7, 11) is 0. The van der Waals surface area contributed by atoms with Gasteiger partial charge in [0.15, 0.2) is 0 Å². The number of aromatic nitrogens is 2. The van der Waals surface area contributed by atoms with Gasteiger partial charge in [0.25, 0.3) is 5.91 Å². The zero-order chi connectivity index (χ0) is 14.8. The minimum atomic E-state index is -0.267. The van der Waals surface area contributed by atoms with E-state index in [-0.39, 0.29) is 5.91 Å². The largest absolute Gasteiger partial charge is 0.398 e. The second-order valence-corrected chi connectivity index (χ2v) is 5.36. The molecule has 6 heteroatoms. The Morgan fingerprint density at radius 1 is 1.05 bits per heavy atom. The number of nitrogen functional groups attached to an aromatic ring is 1. The summed E-state index contributed by atoms with van der Waals surface area (Å²) in [4.78, 5) is 20.7. The molecule has 0 saturated heterocycles. The van der Waals surface area contributed by atoms with Crippen LogP contribution < -0.4 is 11.1 Å². The molecule has 0 atom stereocenters. The van der Waals surface area contributed by atoms with E-state index in [0.29, 0.717) is 16.9 Å². The van der Waals surface area contributed by atoms with Crippen LogP contribution in [0.5, 0.6) is 0 Å². The maximum atomic E-state index is 12.3. The molecule has 3 rings (SSSR count). The van der Waals surface area contributed by atoms with E-state index >= 15 is 0 Å². The van der Waals surface area contributed by atoms with Crippen molar-refractivity contribution in [1.82, 2.24) is 9.97 Å². The highest BCUT2D eigenvalue weighted by Crippen LogP contribution is 2.21. The number of carbonyl (C=O) groups excluding carboxylic acids is 1. The van der Waals surface area contributed by atoms with Gasteiger partial charge in [-0.15, -0.1) is 0 Å². The van der Waals surface area contributed by atoms with Crippen molar-refractivity contribution in [3.63, 3.8) is 0 Å². The molecule has 0 aliphatic heterocycles. The Hall–Kier alpha value is -2.47. The van der Waals surface area contributed by atoms with Gasteiger partial charge in [-0.25, -0.2) is 0 Å². The summed E-state index contributed by atoms with van der Waals surface area (Å²) < 4.78 is 0.797. The van der Waals surface area contributed by atoms with E-state index < -0.39 is 0 Å². The van der Waals surface area contributed by atoms with E-state index in [1.54, 1.807) is 42.7 Å². The highest BCUT2D eigenvalue weighted by atomic mass is 79.9. The number of nitrogens with one attached hydrogen (secondary N) is 1. The first-order valence-corrected chi connectivity index (χ1v) is 7.00. The Labute approximate surface area is 129 Å². The molecule has 0 unspecified atom stereocenters. The van der Waals surface area contributed by atoms with Crippen molar-refractivity contribution in [3.05, 3.63) is 58.8 Å². The van der Waals surface area contributed by atoms with Crippen LogP contribution in [0.1, 0.15) is 10.4 Å². The molecule has 1 heterocycles. The molecule has 21 heavy (non-hydrogen) atoms. The number of nitrogens with two attached hydrogens (primary N) is 1. The van der Waals surface area contributed by atoms with Crippen molar-refractivity contribution in [2.45, 2.75) is 0 Å². The van der Waals surface area contributed by atoms with Crippen molar-refractivity contribution in [1.29, 1.82) is 0 Å². The Morgan fingerprint density at radius 2 is 1.81 bits per heavy atom. The third-order valence-electron chi connectivity index (χ3n) is 2.99. The molecule has 0 bridgehead atoms. The number of nitrogens with zero attached hydrogens (tertiary/aromatic N) is 2. The first kappa shape index (κ1) is 13.5. The van der Waals surface area contributed by atoms with Crippen LogP contribution >= 0.6 is 15.9 Å². The van der Waals surface area contributed by atoms with Gasteiger partial charge in [-0.3, -0.25) is 14.8 Å². The lowest BCUT2D eigenvalue weighted by Gasteiger charge is -2.08. The smallest absolute Gasteiger partial charge is 0.257 e. The van der Waals surface area contributed by atoms with E-state index in [9.17, 15) is 4.79 Å². The lowest BCUT2D eigenvalue weighted by Crippen LogP contribution is -2.14. The summed E-state index contributed by atoms with van der Waals surface area (Å²) in [6, 6.07) is 10.5. The first-order chi connectivity index (χ1) is 10.1. The van der Waals surface area contributed by atoms with Gasteiger partial charge in [-0.05, 0) is 36.4 Å². The van der Waals surface area contributed by atoms with Crippen molar-refractivity contribution >= 4 is 44.2 Å². The second kappa shape index (κ2) is 5.49. The maximum Gasteiger partial charge on any atom is 0.257 e. The van der Waals surface area contributed by atoms with Crippen molar-refractivity contribution in [2.75, 3.05) is 11.1 Å². The molecule has 5 nitrogen and oxygen atoms in total. The van der Waals surface area contributed by atoms with Crippen LogP contribution in [0.15, 0.2) is 53.3 Å². The van der Waals surface area contributed by atoms with Crippen molar-refractivity contribution in [3.8, 4) is 0 Å². The summed E-state index contributed by atoms with van der Waals surface area (Å²) in [6.07, 6.45) is 3.24. The molecular formula is C15H11BrN4O. The number of amides is 1. The molecule has 0 spiro atoms. The van der Waals surface area contributed by atoms with Gasteiger partial charge in [0.1, 0.15) is 0 Å². The average Bonchev–Trinajstić information content (AvgIpc) is 2.49. The zero-order valence-electron chi connectivity index (χ0n) is 10.9. The van der Waals surface area contributed by atoms with E-state index in [0.717, 1.165) is 15.5 Å². The SMILES string of the molecule is Nc1ccc(Br)cc1C(=O)Nc1ccc2nccnc2c1. The molecule has 3 aromatic rings. The van der Waals surface area contributed by atoms with Crippen LogP contribution in [0.3, 0.4) is 0 Å². The molecule has 0 saturated carbocycles. The zero-order valence-corrected chi connectivity index (χ0v) is 12.5. The molecular weight excluding hydrogens is 332 g/mol.